The highest BCUT2D eigenvalue weighted by Gasteiger charge is 2.28. The Balaban J connectivity index is 1.83. The molecule has 1 unspecified atom stereocenters. The maximum Gasteiger partial charge on any atom is 0.324 e. The van der Waals surface area contributed by atoms with Gasteiger partial charge < -0.3 is 4.74 Å². The summed E-state index contributed by atoms with van der Waals surface area (Å²) in [6.45, 7) is 2.17. The van der Waals surface area contributed by atoms with Crippen LogP contribution in [-0.2, 0) is 9.53 Å². The average Bonchev–Trinajstić information content (AvgIpc) is 3.09. The van der Waals surface area contributed by atoms with Crippen LogP contribution in [0.2, 0.25) is 0 Å². The highest BCUT2D eigenvalue weighted by Crippen LogP contribution is 2.37. The van der Waals surface area contributed by atoms with E-state index in [1.807, 2.05) is 41.9 Å². The standard InChI is InChI=1S/C17H22N4O2S/c1-2-23-16(22)15(13-9-5-3-6-10-13)24-17-18-19-20-21(17)14-11-7-4-8-12-14/h3,5-6,9-10,14-15H,2,4,7-8,11-12H2,1H3. The quantitative estimate of drug-likeness (QED) is 0.588. The molecular weight excluding hydrogens is 324 g/mol. The first-order chi connectivity index (χ1) is 11.8. The first-order valence-electron chi connectivity index (χ1n) is 8.45. The SMILES string of the molecule is CCOC(=O)C(Sc1nnnn1C1CCCCC1)c1ccccc1. The maximum atomic E-state index is 12.4. The number of thioether (sulfide) groups is 1. The molecule has 1 aromatic carbocycles. The monoisotopic (exact) mass is 346 g/mol. The molecule has 1 atom stereocenters. The van der Waals surface area contributed by atoms with Gasteiger partial charge in [-0.2, -0.15) is 0 Å². The molecule has 6 nitrogen and oxygen atoms in total. The summed E-state index contributed by atoms with van der Waals surface area (Å²) in [7, 11) is 0. The third-order valence-electron chi connectivity index (χ3n) is 4.21. The smallest absolute Gasteiger partial charge is 0.324 e. The van der Waals surface area contributed by atoms with E-state index in [1.165, 1.54) is 31.0 Å². The van der Waals surface area contributed by atoms with Crippen molar-refractivity contribution in [2.24, 2.45) is 0 Å². The zero-order valence-corrected chi connectivity index (χ0v) is 14.6. The van der Waals surface area contributed by atoms with Crippen molar-refractivity contribution in [3.05, 3.63) is 35.9 Å². The van der Waals surface area contributed by atoms with E-state index in [2.05, 4.69) is 15.5 Å². The number of ether oxygens (including phenoxy) is 1. The Morgan fingerprint density at radius 2 is 2.04 bits per heavy atom. The summed E-state index contributed by atoms with van der Waals surface area (Å²) < 4.78 is 7.14. The lowest BCUT2D eigenvalue weighted by molar-refractivity contribution is -0.142. The lowest BCUT2D eigenvalue weighted by Gasteiger charge is -2.23. The van der Waals surface area contributed by atoms with Crippen molar-refractivity contribution in [1.29, 1.82) is 0 Å². The van der Waals surface area contributed by atoms with Crippen LogP contribution in [0.3, 0.4) is 0 Å². The van der Waals surface area contributed by atoms with Crippen LogP contribution >= 0.6 is 11.8 Å². The van der Waals surface area contributed by atoms with E-state index in [9.17, 15) is 4.79 Å². The Hall–Kier alpha value is -1.89. The molecule has 0 N–H and O–H groups in total. The number of tetrazole rings is 1. The lowest BCUT2D eigenvalue weighted by atomic mass is 9.96. The largest absolute Gasteiger partial charge is 0.465 e. The minimum Gasteiger partial charge on any atom is -0.465 e. The molecule has 0 amide bonds. The molecule has 1 aromatic heterocycles. The minimum absolute atomic E-state index is 0.258. The topological polar surface area (TPSA) is 69.9 Å². The number of benzene rings is 1. The van der Waals surface area contributed by atoms with Crippen molar-refractivity contribution in [2.75, 3.05) is 6.61 Å². The highest BCUT2D eigenvalue weighted by molar-refractivity contribution is 8.00. The van der Waals surface area contributed by atoms with Crippen molar-refractivity contribution in [2.45, 2.75) is 55.5 Å². The van der Waals surface area contributed by atoms with Gasteiger partial charge >= 0.3 is 5.97 Å². The van der Waals surface area contributed by atoms with Crippen LogP contribution in [0.1, 0.15) is 55.9 Å². The zero-order chi connectivity index (χ0) is 16.8. The predicted octanol–water partition coefficient (Wildman–Crippen LogP) is 3.57. The van der Waals surface area contributed by atoms with Gasteiger partial charge in [-0.1, -0.05) is 61.4 Å². The molecule has 128 valence electrons. The molecule has 1 fully saturated rings. The van der Waals surface area contributed by atoms with Crippen LogP contribution in [0, 0.1) is 0 Å². The normalized spacial score (nSPS) is 16.7. The van der Waals surface area contributed by atoms with Gasteiger partial charge in [-0.05, 0) is 35.8 Å². The van der Waals surface area contributed by atoms with Crippen molar-refractivity contribution in [3.8, 4) is 0 Å². The van der Waals surface area contributed by atoms with E-state index in [1.54, 1.807) is 0 Å². The molecular formula is C17H22N4O2S. The molecule has 1 saturated carbocycles. The third kappa shape index (κ3) is 3.95. The summed E-state index contributed by atoms with van der Waals surface area (Å²) >= 11 is 1.37. The highest BCUT2D eigenvalue weighted by atomic mass is 32.2. The van der Waals surface area contributed by atoms with Crippen molar-refractivity contribution < 1.29 is 9.53 Å². The summed E-state index contributed by atoms with van der Waals surface area (Å²) in [5, 5.41) is 12.4. The second-order valence-electron chi connectivity index (χ2n) is 5.86. The van der Waals surface area contributed by atoms with Gasteiger partial charge in [0.05, 0.1) is 12.6 Å². The van der Waals surface area contributed by atoms with E-state index in [0.717, 1.165) is 18.4 Å². The van der Waals surface area contributed by atoms with Gasteiger partial charge in [0.2, 0.25) is 5.16 Å². The average molecular weight is 346 g/mol. The van der Waals surface area contributed by atoms with E-state index in [-0.39, 0.29) is 5.97 Å². The summed E-state index contributed by atoms with van der Waals surface area (Å²) in [5.74, 6) is -0.258. The van der Waals surface area contributed by atoms with Gasteiger partial charge in [-0.15, -0.1) is 5.10 Å². The van der Waals surface area contributed by atoms with E-state index < -0.39 is 5.25 Å². The Morgan fingerprint density at radius 1 is 1.29 bits per heavy atom. The number of aromatic nitrogens is 4. The van der Waals surface area contributed by atoms with Gasteiger partial charge in [0.25, 0.3) is 0 Å². The van der Waals surface area contributed by atoms with Crippen molar-refractivity contribution in [3.63, 3.8) is 0 Å². The first kappa shape index (κ1) is 17.0. The van der Waals surface area contributed by atoms with Gasteiger partial charge in [-0.3, -0.25) is 4.79 Å². The Labute approximate surface area is 146 Å². The molecule has 3 rings (SSSR count). The second-order valence-corrected chi connectivity index (χ2v) is 6.93. The third-order valence-corrected chi connectivity index (χ3v) is 5.39. The molecule has 0 radical (unpaired) electrons. The van der Waals surface area contributed by atoms with E-state index in [4.69, 9.17) is 4.74 Å². The summed E-state index contributed by atoms with van der Waals surface area (Å²) in [5.41, 5.74) is 0.902. The maximum absolute atomic E-state index is 12.4. The van der Waals surface area contributed by atoms with Crippen molar-refractivity contribution in [1.82, 2.24) is 20.2 Å². The minimum atomic E-state index is -0.459. The fraction of sp³-hybridized carbons (Fsp3) is 0.529. The summed E-state index contributed by atoms with van der Waals surface area (Å²) in [6.07, 6.45) is 5.86. The van der Waals surface area contributed by atoms with Crippen LogP contribution in [0.4, 0.5) is 0 Å². The Kier molecular flexibility index (Phi) is 5.85. The number of rotatable bonds is 6. The van der Waals surface area contributed by atoms with E-state index >= 15 is 0 Å². The van der Waals surface area contributed by atoms with Gasteiger partial charge in [0.15, 0.2) is 0 Å². The molecule has 1 heterocycles. The van der Waals surface area contributed by atoms with Gasteiger partial charge in [0.1, 0.15) is 5.25 Å². The van der Waals surface area contributed by atoms with Crippen molar-refractivity contribution >= 4 is 17.7 Å². The van der Waals surface area contributed by atoms with Crippen LogP contribution in [0.25, 0.3) is 0 Å². The number of nitrogens with zero attached hydrogens (tertiary/aromatic N) is 4. The summed E-state index contributed by atoms with van der Waals surface area (Å²) in [4.78, 5) is 12.4. The molecule has 1 aliphatic carbocycles. The fourth-order valence-corrected chi connectivity index (χ4v) is 4.07. The molecule has 2 aromatic rings. The molecule has 24 heavy (non-hydrogen) atoms. The Bertz CT molecular complexity index is 656. The van der Waals surface area contributed by atoms with Crippen LogP contribution in [0.15, 0.2) is 35.5 Å². The van der Waals surface area contributed by atoms with Crippen LogP contribution in [0.5, 0.6) is 0 Å². The molecule has 0 saturated heterocycles. The van der Waals surface area contributed by atoms with E-state index in [0.29, 0.717) is 17.8 Å². The number of carbonyl (C=O) groups is 1. The molecule has 7 heteroatoms. The lowest BCUT2D eigenvalue weighted by Crippen LogP contribution is -2.17. The zero-order valence-electron chi connectivity index (χ0n) is 13.8. The van der Waals surface area contributed by atoms with Gasteiger partial charge in [-0.25, -0.2) is 4.68 Å². The molecule has 1 aliphatic rings. The number of hydrogen-bond acceptors (Lipinski definition) is 6. The fourth-order valence-electron chi connectivity index (χ4n) is 3.02. The van der Waals surface area contributed by atoms with Crippen LogP contribution in [-0.4, -0.2) is 32.8 Å². The molecule has 0 aliphatic heterocycles. The van der Waals surface area contributed by atoms with Gasteiger partial charge in [0, 0.05) is 0 Å². The van der Waals surface area contributed by atoms with Crippen LogP contribution < -0.4 is 0 Å². The Morgan fingerprint density at radius 3 is 2.75 bits per heavy atom. The molecule has 0 spiro atoms. The molecule has 0 bridgehead atoms. The number of carbonyl (C=O) groups excluding carboxylic acids is 1. The number of hydrogen-bond donors (Lipinski definition) is 0. The second kappa shape index (κ2) is 8.28. The summed E-state index contributed by atoms with van der Waals surface area (Å²) in [6, 6.07) is 9.98. The predicted molar refractivity (Wildman–Crippen MR) is 91.6 cm³/mol. The first-order valence-corrected chi connectivity index (χ1v) is 9.33. The number of esters is 1.